The van der Waals surface area contributed by atoms with E-state index in [4.69, 9.17) is 4.98 Å². The summed E-state index contributed by atoms with van der Waals surface area (Å²) < 4.78 is 15.7. The van der Waals surface area contributed by atoms with E-state index < -0.39 is 6.10 Å². The van der Waals surface area contributed by atoms with E-state index in [-0.39, 0.29) is 35.9 Å². The van der Waals surface area contributed by atoms with Gasteiger partial charge in [-0.25, -0.2) is 9.37 Å². The van der Waals surface area contributed by atoms with Crippen molar-refractivity contribution in [3.8, 4) is 0 Å². The van der Waals surface area contributed by atoms with Crippen molar-refractivity contribution in [1.82, 2.24) is 24.8 Å². The summed E-state index contributed by atoms with van der Waals surface area (Å²) in [6, 6.07) is 1.76. The number of rotatable bonds is 5. The molecule has 3 aliphatic rings. The Bertz CT molecular complexity index is 1170. The van der Waals surface area contributed by atoms with E-state index in [1.807, 2.05) is 12.3 Å². The summed E-state index contributed by atoms with van der Waals surface area (Å²) in [7, 11) is 1.77. The number of hydrogen-bond acceptors (Lipinski definition) is 7. The van der Waals surface area contributed by atoms with E-state index in [0.717, 1.165) is 12.0 Å². The number of aliphatic hydroxyl groups is 1. The van der Waals surface area contributed by atoms with Crippen LogP contribution in [-0.4, -0.2) is 68.1 Å². The van der Waals surface area contributed by atoms with Gasteiger partial charge in [0.2, 0.25) is 0 Å². The lowest BCUT2D eigenvalue weighted by atomic mass is 9.89. The second-order valence-electron chi connectivity index (χ2n) is 8.69. The van der Waals surface area contributed by atoms with Gasteiger partial charge in [0.05, 0.1) is 30.3 Å². The average molecular weight is 439 g/mol. The zero-order valence-corrected chi connectivity index (χ0v) is 18.2. The molecule has 0 saturated heterocycles. The fraction of sp³-hybridized carbons (Fsp3) is 0.455. The van der Waals surface area contributed by atoms with Crippen molar-refractivity contribution in [2.75, 3.05) is 12.4 Å². The molecule has 168 valence electrons. The van der Waals surface area contributed by atoms with E-state index in [1.54, 1.807) is 17.6 Å². The van der Waals surface area contributed by atoms with Crippen molar-refractivity contribution in [3.05, 3.63) is 41.6 Å². The molecule has 3 N–H and O–H groups in total. The van der Waals surface area contributed by atoms with Gasteiger partial charge in [-0.3, -0.25) is 9.79 Å². The lowest BCUT2D eigenvalue weighted by molar-refractivity contribution is 0.0448. The normalized spacial score (nSPS) is 26.6. The molecule has 32 heavy (non-hydrogen) atoms. The molecule has 4 atom stereocenters. The second kappa shape index (κ2) is 7.70. The SMILES string of the molecule is CNc1cc(C2=CN(C(C)C)C3N=CC(F)=CC23)nc2c(C(=O)N[C@@H]3CC[C@@H]3O)cnn12. The van der Waals surface area contributed by atoms with Crippen molar-refractivity contribution in [2.45, 2.75) is 51.0 Å². The van der Waals surface area contributed by atoms with Gasteiger partial charge in [-0.1, -0.05) is 0 Å². The van der Waals surface area contributed by atoms with Crippen LogP contribution in [-0.2, 0) is 0 Å². The number of carbonyl (C=O) groups excluding carboxylic acids is 1. The molecule has 0 radical (unpaired) electrons. The first-order valence-electron chi connectivity index (χ1n) is 10.8. The molecule has 2 aliphatic heterocycles. The van der Waals surface area contributed by atoms with E-state index in [0.29, 0.717) is 29.1 Å². The smallest absolute Gasteiger partial charge is 0.257 e. The molecule has 1 amide bonds. The number of carbonyl (C=O) groups is 1. The van der Waals surface area contributed by atoms with Crippen molar-refractivity contribution in [1.29, 1.82) is 0 Å². The Morgan fingerprint density at radius 1 is 1.34 bits per heavy atom. The van der Waals surface area contributed by atoms with Gasteiger partial charge in [-0.2, -0.15) is 9.61 Å². The summed E-state index contributed by atoms with van der Waals surface area (Å²) in [6.45, 7) is 4.12. The predicted octanol–water partition coefficient (Wildman–Crippen LogP) is 1.97. The van der Waals surface area contributed by atoms with Crippen LogP contribution in [0.3, 0.4) is 0 Å². The van der Waals surface area contributed by atoms with Gasteiger partial charge in [-0.15, -0.1) is 0 Å². The molecule has 5 rings (SSSR count). The minimum absolute atomic E-state index is 0.171. The number of nitrogens with zero attached hydrogens (tertiary/aromatic N) is 5. The Balaban J connectivity index is 1.57. The number of aromatic nitrogens is 3. The molecule has 1 fully saturated rings. The van der Waals surface area contributed by atoms with Crippen LogP contribution < -0.4 is 10.6 Å². The molecular weight excluding hydrogens is 413 g/mol. The average Bonchev–Trinajstić information content (AvgIpc) is 3.37. The summed E-state index contributed by atoms with van der Waals surface area (Å²) in [5.74, 6) is -0.337. The lowest BCUT2D eigenvalue weighted by Crippen LogP contribution is -2.50. The molecule has 1 aliphatic carbocycles. The van der Waals surface area contributed by atoms with Crippen LogP contribution >= 0.6 is 0 Å². The van der Waals surface area contributed by atoms with Crippen LogP contribution in [0.2, 0.25) is 0 Å². The van der Waals surface area contributed by atoms with Crippen molar-refractivity contribution in [3.63, 3.8) is 0 Å². The molecule has 0 aromatic carbocycles. The van der Waals surface area contributed by atoms with E-state index >= 15 is 0 Å². The zero-order chi connectivity index (χ0) is 22.6. The Morgan fingerprint density at radius 2 is 2.16 bits per heavy atom. The maximum Gasteiger partial charge on any atom is 0.257 e. The van der Waals surface area contributed by atoms with Crippen molar-refractivity contribution < 1.29 is 14.3 Å². The fourth-order valence-corrected chi connectivity index (χ4v) is 4.41. The Kier molecular flexibility index (Phi) is 4.96. The van der Waals surface area contributed by atoms with Crippen LogP contribution in [0.25, 0.3) is 11.2 Å². The number of amides is 1. The first kappa shape index (κ1) is 20.6. The molecule has 10 heteroatoms. The molecular formula is C22H26FN7O2. The molecule has 2 aromatic rings. The highest BCUT2D eigenvalue weighted by atomic mass is 19.1. The fourth-order valence-electron chi connectivity index (χ4n) is 4.41. The maximum absolute atomic E-state index is 14.1. The Hall–Kier alpha value is -3.27. The number of halogens is 1. The van der Waals surface area contributed by atoms with Crippen LogP contribution in [0.5, 0.6) is 0 Å². The number of nitrogens with one attached hydrogen (secondary N) is 2. The van der Waals surface area contributed by atoms with Crippen molar-refractivity contribution >= 4 is 29.2 Å². The number of aliphatic hydroxyl groups excluding tert-OH is 1. The zero-order valence-electron chi connectivity index (χ0n) is 18.2. The number of aliphatic imine (C=N–C) groups is 1. The molecule has 2 aromatic heterocycles. The maximum atomic E-state index is 14.1. The van der Waals surface area contributed by atoms with Crippen LogP contribution in [0.15, 0.2) is 35.4 Å². The van der Waals surface area contributed by atoms with E-state index in [9.17, 15) is 14.3 Å². The third-order valence-corrected chi connectivity index (χ3v) is 6.38. The van der Waals surface area contributed by atoms with Gasteiger partial charge in [0.1, 0.15) is 23.4 Å². The van der Waals surface area contributed by atoms with Crippen LogP contribution in [0, 0.1) is 5.92 Å². The quantitative estimate of drug-likeness (QED) is 0.658. The first-order chi connectivity index (χ1) is 15.4. The molecule has 4 heterocycles. The predicted molar refractivity (Wildman–Crippen MR) is 119 cm³/mol. The topological polar surface area (TPSA) is 107 Å². The highest BCUT2D eigenvalue weighted by Crippen LogP contribution is 2.40. The van der Waals surface area contributed by atoms with Gasteiger partial charge in [0.15, 0.2) is 5.65 Å². The number of anilines is 1. The van der Waals surface area contributed by atoms with Gasteiger partial charge in [0.25, 0.3) is 5.91 Å². The summed E-state index contributed by atoms with van der Waals surface area (Å²) in [4.78, 5) is 24.1. The van der Waals surface area contributed by atoms with E-state index in [2.05, 4.69) is 39.5 Å². The molecule has 0 bridgehead atoms. The Morgan fingerprint density at radius 3 is 2.81 bits per heavy atom. The molecule has 1 saturated carbocycles. The summed E-state index contributed by atoms with van der Waals surface area (Å²) in [5.41, 5.74) is 2.17. The largest absolute Gasteiger partial charge is 0.391 e. The van der Waals surface area contributed by atoms with Gasteiger partial charge in [-0.05, 0) is 32.8 Å². The minimum atomic E-state index is -0.520. The highest BCUT2D eigenvalue weighted by molar-refractivity contribution is 6.00. The monoisotopic (exact) mass is 439 g/mol. The van der Waals surface area contributed by atoms with Gasteiger partial charge in [0, 0.05) is 36.8 Å². The second-order valence-corrected chi connectivity index (χ2v) is 8.69. The summed E-state index contributed by atoms with van der Waals surface area (Å²) in [6.07, 6.45) is 6.96. The highest BCUT2D eigenvalue weighted by Gasteiger charge is 2.38. The molecule has 9 nitrogen and oxygen atoms in total. The summed E-state index contributed by atoms with van der Waals surface area (Å²) >= 11 is 0. The Labute approximate surface area is 184 Å². The third kappa shape index (κ3) is 3.26. The lowest BCUT2D eigenvalue weighted by Gasteiger charge is -2.32. The van der Waals surface area contributed by atoms with Gasteiger partial charge >= 0.3 is 0 Å². The van der Waals surface area contributed by atoms with Crippen LogP contribution in [0.4, 0.5) is 10.2 Å². The van der Waals surface area contributed by atoms with E-state index in [1.165, 1.54) is 12.4 Å². The van der Waals surface area contributed by atoms with Crippen molar-refractivity contribution in [2.24, 2.45) is 10.9 Å². The number of fused-ring (bicyclic) bond motifs is 2. The number of dihydropyridines is 1. The minimum Gasteiger partial charge on any atom is -0.391 e. The molecule has 0 spiro atoms. The molecule has 2 unspecified atom stereocenters. The number of hydrogen-bond donors (Lipinski definition) is 3. The third-order valence-electron chi connectivity index (χ3n) is 6.38. The van der Waals surface area contributed by atoms with Gasteiger partial charge < -0.3 is 20.6 Å². The summed E-state index contributed by atoms with van der Waals surface area (Å²) in [5, 5.41) is 20.1. The standard InChI is InChI=1S/C22H26FN7O2/c1-11(2)29-10-15(13-6-12(23)8-25-20(13)29)17-7-19(24-3)30-21(27-17)14(9-26-30)22(32)28-16-4-5-18(16)31/h6-11,13,16,18,20,24,31H,4-5H2,1-3H3,(H,28,32)/t13?,16-,18+,20?/m1/s1. The number of allylic oxidation sites excluding steroid dienone is 1. The first-order valence-corrected chi connectivity index (χ1v) is 10.8. The van der Waals surface area contributed by atoms with Crippen LogP contribution in [0.1, 0.15) is 42.7 Å².